The molecule has 0 spiro atoms. The lowest BCUT2D eigenvalue weighted by Gasteiger charge is -2.28. The van der Waals surface area contributed by atoms with Crippen LogP contribution in [-0.4, -0.2) is 60.4 Å². The van der Waals surface area contributed by atoms with Crippen molar-refractivity contribution in [3.05, 3.63) is 22.9 Å². The summed E-state index contributed by atoms with van der Waals surface area (Å²) < 4.78 is 6.38. The summed E-state index contributed by atoms with van der Waals surface area (Å²) in [4.78, 5) is 6.25. The lowest BCUT2D eigenvalue weighted by atomic mass is 10.3. The number of β-amino-alcohol motifs (C(OH)–C–C–N with tert-alkyl or cyclic N) is 1. The molecule has 0 saturated carbocycles. The molecule has 0 radical (unpaired) electrons. The number of aromatic nitrogens is 1. The van der Waals surface area contributed by atoms with Crippen molar-refractivity contribution in [2.45, 2.75) is 6.10 Å². The van der Waals surface area contributed by atoms with Crippen LogP contribution < -0.4 is 10.1 Å². The Morgan fingerprint density at radius 2 is 2.22 bits per heavy atom. The van der Waals surface area contributed by atoms with Gasteiger partial charge in [-0.15, -0.1) is 0 Å². The number of nitrogens with one attached hydrogen (secondary N) is 1. The van der Waals surface area contributed by atoms with Gasteiger partial charge in [0.15, 0.2) is 0 Å². The van der Waals surface area contributed by atoms with Gasteiger partial charge in [-0.3, -0.25) is 9.88 Å². The summed E-state index contributed by atoms with van der Waals surface area (Å²) in [5.41, 5.74) is 0. The van der Waals surface area contributed by atoms with E-state index in [4.69, 9.17) is 4.74 Å². The highest BCUT2D eigenvalue weighted by Crippen LogP contribution is 2.15. The van der Waals surface area contributed by atoms with E-state index in [1.165, 1.54) is 0 Å². The maximum atomic E-state index is 9.91. The first kappa shape index (κ1) is 13.7. The minimum Gasteiger partial charge on any atom is -0.489 e. The van der Waals surface area contributed by atoms with E-state index in [1.807, 2.05) is 6.07 Å². The number of piperazine rings is 1. The van der Waals surface area contributed by atoms with Gasteiger partial charge in [-0.25, -0.2) is 0 Å². The molecule has 1 aliphatic rings. The molecule has 18 heavy (non-hydrogen) atoms. The molecule has 1 atom stereocenters. The summed E-state index contributed by atoms with van der Waals surface area (Å²) in [6.45, 7) is 4.89. The number of nitrogens with zero attached hydrogens (tertiary/aromatic N) is 2. The molecule has 1 aromatic heterocycles. The third kappa shape index (κ3) is 4.53. The van der Waals surface area contributed by atoms with E-state index < -0.39 is 6.10 Å². The zero-order chi connectivity index (χ0) is 12.8. The zero-order valence-electron chi connectivity index (χ0n) is 10.2. The number of halogens is 1. The van der Waals surface area contributed by atoms with Crippen LogP contribution in [0.5, 0.6) is 5.75 Å². The standard InChI is InChI=1S/C12H18BrN3O2/c13-10-5-12(7-15-6-10)18-9-11(17)8-16-3-1-14-2-4-16/h5-7,11,14,17H,1-4,8-9H2. The van der Waals surface area contributed by atoms with Crippen LogP contribution >= 0.6 is 15.9 Å². The summed E-state index contributed by atoms with van der Waals surface area (Å²) in [5.74, 6) is 0.670. The van der Waals surface area contributed by atoms with Crippen molar-refractivity contribution in [1.29, 1.82) is 0 Å². The Bertz CT molecular complexity index is 372. The van der Waals surface area contributed by atoms with Gasteiger partial charge >= 0.3 is 0 Å². The van der Waals surface area contributed by atoms with Crippen LogP contribution in [0.3, 0.4) is 0 Å². The van der Waals surface area contributed by atoms with Crippen LogP contribution in [-0.2, 0) is 0 Å². The van der Waals surface area contributed by atoms with E-state index in [-0.39, 0.29) is 0 Å². The molecule has 1 aliphatic heterocycles. The van der Waals surface area contributed by atoms with Gasteiger partial charge in [0.2, 0.25) is 0 Å². The third-order valence-electron chi connectivity index (χ3n) is 2.80. The van der Waals surface area contributed by atoms with Crippen molar-refractivity contribution < 1.29 is 9.84 Å². The first-order valence-electron chi connectivity index (χ1n) is 6.08. The fourth-order valence-corrected chi connectivity index (χ4v) is 2.25. The Kier molecular flexibility index (Phi) is 5.37. The number of aliphatic hydroxyl groups excluding tert-OH is 1. The summed E-state index contributed by atoms with van der Waals surface area (Å²) in [7, 11) is 0. The minimum atomic E-state index is -0.470. The van der Waals surface area contributed by atoms with Gasteiger partial charge in [0, 0.05) is 43.4 Å². The highest BCUT2D eigenvalue weighted by molar-refractivity contribution is 9.10. The molecule has 0 aromatic carbocycles. The minimum absolute atomic E-state index is 0.294. The van der Waals surface area contributed by atoms with Gasteiger partial charge < -0.3 is 15.2 Å². The molecular weight excluding hydrogens is 298 g/mol. The first-order valence-corrected chi connectivity index (χ1v) is 6.88. The topological polar surface area (TPSA) is 57.6 Å². The number of hydrogen-bond acceptors (Lipinski definition) is 5. The molecule has 2 heterocycles. The van der Waals surface area contributed by atoms with Crippen molar-refractivity contribution >= 4 is 15.9 Å². The second kappa shape index (κ2) is 7.04. The van der Waals surface area contributed by atoms with Gasteiger partial charge in [0.05, 0.1) is 6.20 Å². The lowest BCUT2D eigenvalue weighted by molar-refractivity contribution is 0.0640. The van der Waals surface area contributed by atoms with E-state index in [9.17, 15) is 5.11 Å². The molecule has 6 heteroatoms. The second-order valence-electron chi connectivity index (χ2n) is 4.35. The molecule has 1 aromatic rings. The number of pyridine rings is 1. The Labute approximate surface area is 115 Å². The van der Waals surface area contributed by atoms with Crippen molar-refractivity contribution in [3.63, 3.8) is 0 Å². The third-order valence-corrected chi connectivity index (χ3v) is 3.23. The normalized spacial score (nSPS) is 18.6. The molecule has 2 rings (SSSR count). The van der Waals surface area contributed by atoms with E-state index in [0.717, 1.165) is 30.7 Å². The summed E-state index contributed by atoms with van der Waals surface area (Å²) in [6.07, 6.45) is 2.87. The molecule has 2 N–H and O–H groups in total. The molecule has 0 aliphatic carbocycles. The van der Waals surface area contributed by atoms with Crippen LogP contribution in [0.4, 0.5) is 0 Å². The summed E-state index contributed by atoms with van der Waals surface area (Å²) in [5, 5.41) is 13.2. The van der Waals surface area contributed by atoms with Gasteiger partial charge in [0.1, 0.15) is 18.5 Å². The molecular formula is C12H18BrN3O2. The average molecular weight is 316 g/mol. The molecule has 1 saturated heterocycles. The summed E-state index contributed by atoms with van der Waals surface area (Å²) >= 11 is 3.33. The number of aliphatic hydroxyl groups is 1. The van der Waals surface area contributed by atoms with E-state index in [1.54, 1.807) is 12.4 Å². The molecule has 1 fully saturated rings. The molecule has 0 amide bonds. The van der Waals surface area contributed by atoms with E-state index in [0.29, 0.717) is 18.9 Å². The number of rotatable bonds is 5. The van der Waals surface area contributed by atoms with Crippen molar-refractivity contribution in [2.24, 2.45) is 0 Å². The van der Waals surface area contributed by atoms with Crippen molar-refractivity contribution in [2.75, 3.05) is 39.3 Å². The van der Waals surface area contributed by atoms with E-state index >= 15 is 0 Å². The fraction of sp³-hybridized carbons (Fsp3) is 0.583. The quantitative estimate of drug-likeness (QED) is 0.828. The highest BCUT2D eigenvalue weighted by Gasteiger charge is 2.14. The highest BCUT2D eigenvalue weighted by atomic mass is 79.9. The van der Waals surface area contributed by atoms with Gasteiger partial charge in [0.25, 0.3) is 0 Å². The summed E-state index contributed by atoms with van der Waals surface area (Å²) in [6, 6.07) is 1.84. The van der Waals surface area contributed by atoms with Crippen molar-refractivity contribution in [3.8, 4) is 5.75 Å². The van der Waals surface area contributed by atoms with Gasteiger partial charge in [-0.05, 0) is 22.0 Å². The predicted molar refractivity (Wildman–Crippen MR) is 72.7 cm³/mol. The Balaban J connectivity index is 1.72. The maximum Gasteiger partial charge on any atom is 0.138 e. The van der Waals surface area contributed by atoms with Crippen LogP contribution in [0.25, 0.3) is 0 Å². The largest absolute Gasteiger partial charge is 0.489 e. The average Bonchev–Trinajstić information content (AvgIpc) is 2.38. The van der Waals surface area contributed by atoms with Crippen LogP contribution in [0.15, 0.2) is 22.9 Å². The SMILES string of the molecule is OC(COc1cncc(Br)c1)CN1CCNCC1. The Morgan fingerprint density at radius 1 is 1.44 bits per heavy atom. The van der Waals surface area contributed by atoms with Crippen LogP contribution in [0, 0.1) is 0 Å². The number of hydrogen-bond donors (Lipinski definition) is 2. The predicted octanol–water partition coefficient (Wildman–Crippen LogP) is 0.489. The Morgan fingerprint density at radius 3 is 2.94 bits per heavy atom. The van der Waals surface area contributed by atoms with Crippen LogP contribution in [0.1, 0.15) is 0 Å². The smallest absolute Gasteiger partial charge is 0.138 e. The van der Waals surface area contributed by atoms with Gasteiger partial charge in [-0.1, -0.05) is 0 Å². The molecule has 100 valence electrons. The monoisotopic (exact) mass is 315 g/mol. The lowest BCUT2D eigenvalue weighted by Crippen LogP contribution is -2.47. The maximum absolute atomic E-state index is 9.91. The fourth-order valence-electron chi connectivity index (χ4n) is 1.91. The second-order valence-corrected chi connectivity index (χ2v) is 5.27. The molecule has 0 bridgehead atoms. The Hall–Kier alpha value is -0.690. The van der Waals surface area contributed by atoms with Crippen molar-refractivity contribution in [1.82, 2.24) is 15.2 Å². The molecule has 5 nitrogen and oxygen atoms in total. The van der Waals surface area contributed by atoms with E-state index in [2.05, 4.69) is 31.1 Å². The zero-order valence-corrected chi connectivity index (χ0v) is 11.8. The number of ether oxygens (including phenoxy) is 1. The van der Waals surface area contributed by atoms with Gasteiger partial charge in [-0.2, -0.15) is 0 Å². The first-order chi connectivity index (χ1) is 8.74. The molecule has 1 unspecified atom stereocenters. The van der Waals surface area contributed by atoms with Crippen LogP contribution in [0.2, 0.25) is 0 Å².